The SMILES string of the molecule is CCCC(=O)OC(=O)c1ccccc1C(=O)OCCCC(C)C. The number of ether oxygens (including phenoxy) is 2. The van der Waals surface area contributed by atoms with Crippen molar-refractivity contribution < 1.29 is 23.9 Å². The molecule has 0 radical (unpaired) electrons. The second-order valence-electron chi connectivity index (χ2n) is 5.73. The zero-order valence-corrected chi connectivity index (χ0v) is 14.0. The van der Waals surface area contributed by atoms with Crippen LogP contribution in [0, 0.1) is 5.92 Å². The third kappa shape index (κ3) is 6.63. The van der Waals surface area contributed by atoms with Crippen molar-refractivity contribution in [2.45, 2.75) is 46.5 Å². The zero-order valence-electron chi connectivity index (χ0n) is 14.0. The van der Waals surface area contributed by atoms with Gasteiger partial charge in [0.2, 0.25) is 0 Å². The summed E-state index contributed by atoms with van der Waals surface area (Å²) < 4.78 is 9.93. The van der Waals surface area contributed by atoms with E-state index in [4.69, 9.17) is 9.47 Å². The first-order chi connectivity index (χ1) is 11.0. The van der Waals surface area contributed by atoms with E-state index in [2.05, 4.69) is 13.8 Å². The van der Waals surface area contributed by atoms with Gasteiger partial charge in [0.15, 0.2) is 0 Å². The van der Waals surface area contributed by atoms with Crippen molar-refractivity contribution in [1.82, 2.24) is 0 Å². The lowest BCUT2D eigenvalue weighted by molar-refractivity contribution is -0.138. The highest BCUT2D eigenvalue weighted by Crippen LogP contribution is 2.13. The Hall–Kier alpha value is -2.17. The Bertz CT molecular complexity index is 548. The Morgan fingerprint density at radius 1 is 1.04 bits per heavy atom. The van der Waals surface area contributed by atoms with Crippen LogP contribution in [0.1, 0.15) is 67.2 Å². The van der Waals surface area contributed by atoms with Crippen LogP contribution in [-0.4, -0.2) is 24.5 Å². The van der Waals surface area contributed by atoms with Gasteiger partial charge in [0, 0.05) is 6.42 Å². The molecule has 5 nitrogen and oxygen atoms in total. The topological polar surface area (TPSA) is 69.7 Å². The molecule has 0 atom stereocenters. The van der Waals surface area contributed by atoms with Gasteiger partial charge in [0.1, 0.15) is 0 Å². The van der Waals surface area contributed by atoms with E-state index in [1.165, 1.54) is 12.1 Å². The monoisotopic (exact) mass is 320 g/mol. The maximum Gasteiger partial charge on any atom is 0.346 e. The Labute approximate surface area is 137 Å². The van der Waals surface area contributed by atoms with Crippen LogP contribution in [0.2, 0.25) is 0 Å². The molecule has 1 rings (SSSR count). The number of benzene rings is 1. The number of carbonyl (C=O) groups is 3. The van der Waals surface area contributed by atoms with Crippen LogP contribution in [-0.2, 0) is 14.3 Å². The van der Waals surface area contributed by atoms with Gasteiger partial charge >= 0.3 is 17.9 Å². The van der Waals surface area contributed by atoms with E-state index >= 15 is 0 Å². The van der Waals surface area contributed by atoms with Crippen molar-refractivity contribution >= 4 is 17.9 Å². The van der Waals surface area contributed by atoms with Crippen molar-refractivity contribution in [3.63, 3.8) is 0 Å². The molecule has 0 bridgehead atoms. The first kappa shape index (κ1) is 18.9. The fourth-order valence-corrected chi connectivity index (χ4v) is 1.99. The average Bonchev–Trinajstić information content (AvgIpc) is 2.51. The number of carbonyl (C=O) groups excluding carboxylic acids is 3. The van der Waals surface area contributed by atoms with E-state index in [9.17, 15) is 14.4 Å². The molecule has 1 aromatic carbocycles. The predicted octanol–water partition coefficient (Wildman–Crippen LogP) is 3.76. The lowest BCUT2D eigenvalue weighted by atomic mass is 10.1. The number of hydrogen-bond acceptors (Lipinski definition) is 5. The summed E-state index contributed by atoms with van der Waals surface area (Å²) in [5.41, 5.74) is 0.164. The standard InChI is InChI=1S/C18H24O5/c1-4-8-16(19)23-18(21)15-11-6-5-10-14(15)17(20)22-12-7-9-13(2)3/h5-6,10-11,13H,4,7-9,12H2,1-3H3. The van der Waals surface area contributed by atoms with Gasteiger partial charge in [-0.3, -0.25) is 4.79 Å². The molecule has 0 unspecified atom stereocenters. The highest BCUT2D eigenvalue weighted by Gasteiger charge is 2.20. The van der Waals surface area contributed by atoms with Gasteiger partial charge in [-0.2, -0.15) is 0 Å². The minimum Gasteiger partial charge on any atom is -0.462 e. The number of hydrogen-bond donors (Lipinski definition) is 0. The minimum absolute atomic E-state index is 0.0470. The van der Waals surface area contributed by atoms with Gasteiger partial charge in [-0.25, -0.2) is 9.59 Å². The molecule has 1 aromatic rings. The largest absolute Gasteiger partial charge is 0.462 e. The zero-order chi connectivity index (χ0) is 17.2. The van der Waals surface area contributed by atoms with E-state index in [-0.39, 0.29) is 17.5 Å². The van der Waals surface area contributed by atoms with Gasteiger partial charge in [0.25, 0.3) is 0 Å². The summed E-state index contributed by atoms with van der Waals surface area (Å²) in [5.74, 6) is -1.46. The Kier molecular flexibility index (Phi) is 8.02. The molecule has 0 amide bonds. The third-order valence-electron chi connectivity index (χ3n) is 3.19. The molecule has 5 heteroatoms. The van der Waals surface area contributed by atoms with Crippen molar-refractivity contribution in [2.24, 2.45) is 5.92 Å². The lowest BCUT2D eigenvalue weighted by Crippen LogP contribution is -2.17. The Morgan fingerprint density at radius 3 is 2.22 bits per heavy atom. The lowest BCUT2D eigenvalue weighted by Gasteiger charge is -2.09. The average molecular weight is 320 g/mol. The van der Waals surface area contributed by atoms with E-state index < -0.39 is 17.9 Å². The molecule has 0 fully saturated rings. The van der Waals surface area contributed by atoms with Gasteiger partial charge in [-0.05, 0) is 37.3 Å². The second-order valence-corrected chi connectivity index (χ2v) is 5.73. The Balaban J connectivity index is 2.70. The molecular weight excluding hydrogens is 296 g/mol. The molecule has 0 aliphatic carbocycles. The first-order valence-electron chi connectivity index (χ1n) is 7.96. The van der Waals surface area contributed by atoms with Gasteiger partial charge < -0.3 is 9.47 Å². The summed E-state index contributed by atoms with van der Waals surface area (Å²) in [7, 11) is 0. The summed E-state index contributed by atoms with van der Waals surface area (Å²) in [6.45, 7) is 6.31. The van der Waals surface area contributed by atoms with Crippen molar-refractivity contribution in [3.05, 3.63) is 35.4 Å². The molecule has 0 saturated heterocycles. The summed E-state index contributed by atoms with van der Waals surface area (Å²) in [5, 5.41) is 0. The molecule has 0 aliphatic rings. The molecule has 0 saturated carbocycles. The molecule has 126 valence electrons. The maximum atomic E-state index is 12.1. The van der Waals surface area contributed by atoms with Crippen LogP contribution >= 0.6 is 0 Å². The van der Waals surface area contributed by atoms with E-state index in [1.807, 2.05) is 6.92 Å². The molecule has 0 aromatic heterocycles. The van der Waals surface area contributed by atoms with E-state index in [1.54, 1.807) is 12.1 Å². The fraction of sp³-hybridized carbons (Fsp3) is 0.500. The minimum atomic E-state index is -0.821. The maximum absolute atomic E-state index is 12.1. The van der Waals surface area contributed by atoms with Crippen LogP contribution in [0.4, 0.5) is 0 Å². The van der Waals surface area contributed by atoms with E-state index in [0.717, 1.165) is 12.8 Å². The highest BCUT2D eigenvalue weighted by molar-refractivity contribution is 6.05. The molecule has 0 heterocycles. The van der Waals surface area contributed by atoms with E-state index in [0.29, 0.717) is 18.9 Å². The molecule has 0 spiro atoms. The van der Waals surface area contributed by atoms with Gasteiger partial charge in [-0.1, -0.05) is 32.9 Å². The predicted molar refractivity (Wildman–Crippen MR) is 86.1 cm³/mol. The number of rotatable bonds is 8. The molecular formula is C18H24O5. The van der Waals surface area contributed by atoms with Crippen molar-refractivity contribution in [2.75, 3.05) is 6.61 Å². The van der Waals surface area contributed by atoms with Crippen molar-refractivity contribution in [3.8, 4) is 0 Å². The molecule has 0 aliphatic heterocycles. The van der Waals surface area contributed by atoms with Crippen LogP contribution in [0.25, 0.3) is 0 Å². The molecule has 0 N–H and O–H groups in total. The first-order valence-corrected chi connectivity index (χ1v) is 7.96. The summed E-state index contributed by atoms with van der Waals surface area (Å²) >= 11 is 0. The summed E-state index contributed by atoms with van der Waals surface area (Å²) in [6, 6.07) is 6.18. The number of esters is 3. The third-order valence-corrected chi connectivity index (χ3v) is 3.19. The smallest absolute Gasteiger partial charge is 0.346 e. The summed E-state index contributed by atoms with van der Waals surface area (Å²) in [6.07, 6.45) is 2.48. The van der Waals surface area contributed by atoms with Crippen molar-refractivity contribution in [1.29, 1.82) is 0 Å². The van der Waals surface area contributed by atoms with Crippen LogP contribution in [0.3, 0.4) is 0 Å². The highest BCUT2D eigenvalue weighted by atomic mass is 16.6. The Morgan fingerprint density at radius 2 is 1.65 bits per heavy atom. The van der Waals surface area contributed by atoms with Crippen LogP contribution in [0.5, 0.6) is 0 Å². The summed E-state index contributed by atoms with van der Waals surface area (Å²) in [4.78, 5) is 35.6. The van der Waals surface area contributed by atoms with Crippen LogP contribution in [0.15, 0.2) is 24.3 Å². The van der Waals surface area contributed by atoms with Gasteiger partial charge in [0.05, 0.1) is 17.7 Å². The fourth-order valence-electron chi connectivity index (χ4n) is 1.99. The molecule has 23 heavy (non-hydrogen) atoms. The van der Waals surface area contributed by atoms with Gasteiger partial charge in [-0.15, -0.1) is 0 Å². The van der Waals surface area contributed by atoms with Crippen LogP contribution < -0.4 is 0 Å². The quantitative estimate of drug-likeness (QED) is 0.414. The second kappa shape index (κ2) is 9.77. The normalized spacial score (nSPS) is 10.4.